The third-order valence-corrected chi connectivity index (χ3v) is 32.4. The van der Waals surface area contributed by atoms with E-state index in [4.69, 9.17) is 28.4 Å². The summed E-state index contributed by atoms with van der Waals surface area (Å²) in [6, 6.07) is 24.9. The van der Waals surface area contributed by atoms with Crippen molar-refractivity contribution in [2.45, 2.75) is 392 Å². The summed E-state index contributed by atoms with van der Waals surface area (Å²) >= 11 is 11.8. The van der Waals surface area contributed by atoms with Crippen molar-refractivity contribution in [1.82, 2.24) is 0 Å². The Kier molecular flexibility index (Phi) is 39.5. The van der Waals surface area contributed by atoms with Crippen molar-refractivity contribution < 1.29 is 59.1 Å². The molecule has 3 saturated carbocycles. The molecule has 120 heavy (non-hydrogen) atoms. The highest BCUT2D eigenvalue weighted by atomic mass is 32.2. The molecule has 3 aliphatic rings. The summed E-state index contributed by atoms with van der Waals surface area (Å²) in [6.45, 7) is 52.6. The number of rotatable bonds is 28. The van der Waals surface area contributed by atoms with E-state index in [9.17, 15) is 30.6 Å². The number of methoxy groups -OCH3 is 2. The molecule has 0 aromatic heterocycles. The van der Waals surface area contributed by atoms with E-state index < -0.39 is 0 Å². The molecule has 3 unspecified atom stereocenters. The summed E-state index contributed by atoms with van der Waals surface area (Å²) in [7, 11) is 3.25. The van der Waals surface area contributed by atoms with Gasteiger partial charge in [0, 0.05) is 99.4 Å². The normalized spacial score (nSPS) is 18.8. The first kappa shape index (κ1) is 102. The van der Waals surface area contributed by atoms with Crippen molar-refractivity contribution in [1.29, 1.82) is 0 Å². The third kappa shape index (κ3) is 31.0. The third-order valence-electron chi connectivity index (χ3n) is 23.0. The van der Waals surface area contributed by atoms with E-state index >= 15 is 0 Å². The monoisotopic (exact) mass is 1760 g/mol. The summed E-state index contributed by atoms with van der Waals surface area (Å²) in [5.41, 5.74) is 12.7. The molecule has 0 spiro atoms. The highest BCUT2D eigenvalue weighted by Crippen LogP contribution is 2.50. The zero-order valence-electron chi connectivity index (χ0n) is 78.5. The lowest BCUT2D eigenvalue weighted by molar-refractivity contribution is 0.230. The number of hydrogen-bond acceptors (Lipinski definition) is 18. The van der Waals surface area contributed by atoms with E-state index in [0.717, 1.165) is 67.9 Å². The quantitative estimate of drug-likeness (QED) is 0.0273. The van der Waals surface area contributed by atoms with Crippen LogP contribution < -0.4 is 28.4 Å². The van der Waals surface area contributed by atoms with Gasteiger partial charge in [-0.25, -0.2) is 0 Å². The molecule has 0 saturated heterocycles. The fraction of sp³-hybridized carbons (Fsp3) is 0.647. The van der Waals surface area contributed by atoms with Gasteiger partial charge in [-0.2, -0.15) is 70.6 Å². The molecule has 6 aromatic carbocycles. The molecule has 3 fully saturated rings. The molecule has 6 aromatic rings. The molecule has 18 heteroatoms. The summed E-state index contributed by atoms with van der Waals surface area (Å²) < 4.78 is 34.8. The van der Waals surface area contributed by atoms with Crippen molar-refractivity contribution >= 4 is 70.6 Å². The van der Waals surface area contributed by atoms with Crippen molar-refractivity contribution in [3.63, 3.8) is 0 Å². The lowest BCUT2D eigenvalue weighted by atomic mass is 9.86. The fourth-order valence-corrected chi connectivity index (χ4v) is 24.6. The second-order valence-electron chi connectivity index (χ2n) is 40.1. The molecular weight excluding hydrogens is 1610 g/mol. The number of aromatic hydroxyl groups is 6. The molecule has 0 bridgehead atoms. The van der Waals surface area contributed by atoms with Crippen molar-refractivity contribution in [3.05, 3.63) is 140 Å². The van der Waals surface area contributed by atoms with Gasteiger partial charge in [0.15, 0.2) is 69.0 Å². The van der Waals surface area contributed by atoms with Crippen LogP contribution in [0.15, 0.2) is 72.8 Å². The smallest absolute Gasteiger partial charge is 0.161 e. The number of phenols is 6. The highest BCUT2D eigenvalue weighted by molar-refractivity contribution is 8.04. The molecule has 9 rings (SSSR count). The summed E-state index contributed by atoms with van der Waals surface area (Å²) in [5, 5.41) is 69.3. The van der Waals surface area contributed by atoms with Gasteiger partial charge < -0.3 is 59.1 Å². The van der Waals surface area contributed by atoms with E-state index in [-0.39, 0.29) is 79.2 Å². The minimum atomic E-state index is -0.0391. The predicted molar refractivity (Wildman–Crippen MR) is 521 cm³/mol. The first-order valence-corrected chi connectivity index (χ1v) is 51.1. The van der Waals surface area contributed by atoms with Crippen LogP contribution in [0, 0.1) is 0 Å². The van der Waals surface area contributed by atoms with Gasteiger partial charge in [0.25, 0.3) is 0 Å². The summed E-state index contributed by atoms with van der Waals surface area (Å²) in [5.74, 6) is 9.66. The molecule has 12 nitrogen and oxygen atoms in total. The average molecular weight is 1770 g/mol. The molecule has 3 aliphatic carbocycles. The van der Waals surface area contributed by atoms with Gasteiger partial charge in [0.2, 0.25) is 0 Å². The second kappa shape index (κ2) is 46.5. The van der Waals surface area contributed by atoms with Crippen molar-refractivity contribution in [3.8, 4) is 69.0 Å². The molecule has 672 valence electrons. The predicted octanol–water partition coefficient (Wildman–Crippen LogP) is 29.2. The molecule has 0 aliphatic heterocycles. The fourth-order valence-electron chi connectivity index (χ4n) is 15.4. The zero-order chi connectivity index (χ0) is 88.8. The lowest BCUT2D eigenvalue weighted by Gasteiger charge is -2.30. The summed E-state index contributed by atoms with van der Waals surface area (Å²) in [4.78, 5) is 0. The van der Waals surface area contributed by atoms with E-state index in [1.54, 1.807) is 14.2 Å². The summed E-state index contributed by atoms with van der Waals surface area (Å²) in [6.07, 6.45) is 22.2. The van der Waals surface area contributed by atoms with Crippen LogP contribution in [-0.2, 0) is 67.0 Å². The first-order chi connectivity index (χ1) is 56.2. The topological polar surface area (TPSA) is 177 Å². The second-order valence-corrected chi connectivity index (χ2v) is 47.4. The Morgan fingerprint density at radius 3 is 0.600 bits per heavy atom. The Balaban J connectivity index is 0.000000248. The Labute approximate surface area is 752 Å². The van der Waals surface area contributed by atoms with Gasteiger partial charge in [-0.3, -0.25) is 0 Å². The van der Waals surface area contributed by atoms with Gasteiger partial charge in [-0.1, -0.05) is 238 Å². The maximum absolute atomic E-state index is 11.2. The maximum Gasteiger partial charge on any atom is 0.161 e. The van der Waals surface area contributed by atoms with E-state index in [0.29, 0.717) is 79.2 Å². The molecule has 0 radical (unpaired) electrons. The zero-order valence-corrected chi connectivity index (χ0v) is 83.4. The van der Waals surface area contributed by atoms with E-state index in [1.165, 1.54) is 149 Å². The van der Waals surface area contributed by atoms with Crippen LogP contribution in [-0.4, -0.2) is 102 Å². The maximum atomic E-state index is 11.2. The molecule has 0 amide bonds. The van der Waals surface area contributed by atoms with Crippen LogP contribution in [0.2, 0.25) is 0 Å². The Morgan fingerprint density at radius 2 is 0.433 bits per heavy atom. The van der Waals surface area contributed by atoms with Gasteiger partial charge >= 0.3 is 0 Å². The number of benzene rings is 6. The minimum absolute atomic E-state index is 0.00216. The highest BCUT2D eigenvalue weighted by Gasteiger charge is 2.33. The van der Waals surface area contributed by atoms with Crippen molar-refractivity contribution in [2.24, 2.45) is 0 Å². The number of hydrogen-bond donors (Lipinski definition) is 6. The van der Waals surface area contributed by atoms with Gasteiger partial charge in [-0.15, -0.1) is 0 Å². The molecular formula is C102H156O12S6. The minimum Gasteiger partial charge on any atom is -0.504 e. The standard InChI is InChI=1S/C36H56O4S2.C34H52O4S2.C32H48O4S2/c1-23(2)39-29-19-27(35(5,6)7)17-25(33(29)37)21-41-31-15-13-11-12-14-16-32(31)42-22-26-18-28(36(8,9)10)20-30(34(26)38)40-24(3)4;1-9-37-27-19-25(33(3,4)5)17-23(31(27)35)21-39-29-15-13-11-12-14-16-30(29)40-22-24-18-26(34(6,7)8)20-28(32(24)36)38-10-2;1-31(2,3)23-15-21(29(33)25(17-23)35-7)19-37-27-13-11-9-10-12-14-28(27)38-20-22-16-24(32(4,5)6)18-26(36-8)30(22)34/h17-20,23-24,31-32,37-38H,11-16,21-22H2,1-10H3;17-20,29-30,35-36H,9-16,21-22H2,1-8H3;15-18,27-28,33-34H,9-14,19-20H2,1-8H3/t31-,32?;29-,30?;27-,28?/m000/s1. The van der Waals surface area contributed by atoms with Gasteiger partial charge in [0.05, 0.1) is 39.6 Å². The van der Waals surface area contributed by atoms with Crippen LogP contribution in [0.3, 0.4) is 0 Å². The van der Waals surface area contributed by atoms with Crippen LogP contribution in [0.5, 0.6) is 69.0 Å². The average Bonchev–Trinajstić information content (AvgIpc) is 0.455. The lowest BCUT2D eigenvalue weighted by Crippen LogP contribution is -2.22. The Morgan fingerprint density at radius 1 is 0.267 bits per heavy atom. The number of thioether (sulfide) groups is 6. The Hall–Kier alpha value is -4.98. The SMILES string of the molecule is CC(C)Oc1cc(C(C)(C)C)cc(CSC2CCCCCC[C@@H]2SCc2cc(C(C)(C)C)cc(OC(C)C)c2O)c1O.CCOc1cc(C(C)(C)C)cc(CSC2CCCCCC[C@@H]2SCc2cc(C(C)(C)C)cc(OCC)c2O)c1O.COc1cc(C(C)(C)C)cc(CSC2CCCCCC[C@@H]2SCc2cc(C(C)(C)C)cc(OC)c2O)c1O. The van der Waals surface area contributed by atoms with Crippen LogP contribution in [0.25, 0.3) is 0 Å². The van der Waals surface area contributed by atoms with Crippen LogP contribution in [0.4, 0.5) is 0 Å². The van der Waals surface area contributed by atoms with Gasteiger partial charge in [0.1, 0.15) is 0 Å². The van der Waals surface area contributed by atoms with Gasteiger partial charge in [-0.05, 0) is 182 Å². The van der Waals surface area contributed by atoms with E-state index in [1.807, 2.05) is 149 Å². The molecule has 0 heterocycles. The van der Waals surface area contributed by atoms with E-state index in [2.05, 4.69) is 161 Å². The molecule has 6 atom stereocenters. The van der Waals surface area contributed by atoms with Crippen LogP contribution in [0.1, 0.15) is 349 Å². The number of phenolic OH excluding ortho intramolecular Hbond substituents is 6. The van der Waals surface area contributed by atoms with Crippen molar-refractivity contribution in [2.75, 3.05) is 27.4 Å². The first-order valence-electron chi connectivity index (χ1n) is 44.8. The van der Waals surface area contributed by atoms with Crippen LogP contribution >= 0.6 is 70.6 Å². The largest absolute Gasteiger partial charge is 0.504 e. The number of ether oxygens (including phenoxy) is 6. The Bertz CT molecular complexity index is 3900. The molecule has 6 N–H and O–H groups in total.